The van der Waals surface area contributed by atoms with Gasteiger partial charge in [0.2, 0.25) is 0 Å². The van der Waals surface area contributed by atoms with E-state index in [0.717, 1.165) is 17.4 Å². The molecule has 9 nitrogen and oxygen atoms in total. The lowest BCUT2D eigenvalue weighted by molar-refractivity contribution is -2.00. The summed E-state index contributed by atoms with van der Waals surface area (Å²) in [5.74, 6) is 1.15. The molecule has 4 rings (SSSR count). The highest BCUT2D eigenvalue weighted by molar-refractivity contribution is 6.08. The first-order valence-electron chi connectivity index (χ1n) is 8.01. The molecule has 0 aromatic carbocycles. The first-order valence-corrected chi connectivity index (χ1v) is 9.24. The third-order valence-electron chi connectivity index (χ3n) is 4.12. The van der Waals surface area contributed by atoms with Gasteiger partial charge in [-0.15, -0.1) is 10.2 Å². The molecule has 2 unspecified atom stereocenters. The van der Waals surface area contributed by atoms with Gasteiger partial charge >= 0.3 is 5.96 Å². The van der Waals surface area contributed by atoms with Crippen LogP contribution in [0.25, 0.3) is 0 Å². The smallest absolute Gasteiger partial charge is 0.270 e. The van der Waals surface area contributed by atoms with Crippen molar-refractivity contribution in [2.45, 2.75) is 12.1 Å². The molecule has 1 aromatic rings. The quantitative estimate of drug-likeness (QED) is 0.458. The maximum Gasteiger partial charge on any atom is 0.360 e. The van der Waals surface area contributed by atoms with Crippen molar-refractivity contribution in [1.82, 2.24) is 14.8 Å². The normalized spacial score (nSPS) is 22.7. The summed E-state index contributed by atoms with van der Waals surface area (Å²) in [6.07, 6.45) is 14.3. The van der Waals surface area contributed by atoms with E-state index >= 15 is 0 Å². The maximum atomic E-state index is 8.49. The maximum absolute atomic E-state index is 8.49. The molecule has 0 saturated carbocycles. The zero-order chi connectivity index (χ0) is 19.6. The predicted octanol–water partition coefficient (Wildman–Crippen LogP) is -3.33. The molecule has 142 valence electrons. The second kappa shape index (κ2) is 7.59. The minimum atomic E-state index is -4.94. The number of guanidine groups is 1. The Bertz CT molecular complexity index is 835. The average molecular weight is 392 g/mol. The largest absolute Gasteiger partial charge is 0.360 e. The zero-order valence-corrected chi connectivity index (χ0v) is 15.4. The molecule has 1 saturated heterocycles. The van der Waals surface area contributed by atoms with Gasteiger partial charge in [-0.05, 0) is 24.3 Å². The van der Waals surface area contributed by atoms with E-state index in [4.69, 9.17) is 18.6 Å². The Labute approximate surface area is 158 Å². The fraction of sp³-hybridized carbons (Fsp3) is 0.235. The molecule has 1 aromatic heterocycles. The molecule has 0 spiro atoms. The van der Waals surface area contributed by atoms with Crippen molar-refractivity contribution in [3.8, 4) is 0 Å². The van der Waals surface area contributed by atoms with E-state index in [1.165, 1.54) is 0 Å². The summed E-state index contributed by atoms with van der Waals surface area (Å²) < 4.78 is 36.1. The number of rotatable bonds is 1. The van der Waals surface area contributed by atoms with Crippen LogP contribution in [0.4, 0.5) is 0 Å². The number of fused-ring (bicyclic) bond motifs is 3. The Balaban J connectivity index is 0.000000376. The van der Waals surface area contributed by atoms with Gasteiger partial charge in [0.25, 0.3) is 0 Å². The van der Waals surface area contributed by atoms with Crippen LogP contribution < -0.4 is 18.6 Å². The first-order chi connectivity index (χ1) is 12.8. The average Bonchev–Trinajstić information content (AvgIpc) is 2.95. The van der Waals surface area contributed by atoms with Gasteiger partial charge in [0.15, 0.2) is 6.04 Å². The van der Waals surface area contributed by atoms with Crippen LogP contribution in [0, 0.1) is 10.2 Å². The summed E-state index contributed by atoms with van der Waals surface area (Å²) in [6.45, 7) is 0. The molecule has 10 heteroatoms. The van der Waals surface area contributed by atoms with Gasteiger partial charge < -0.3 is 0 Å². The van der Waals surface area contributed by atoms with Crippen LogP contribution in [0.1, 0.15) is 5.69 Å². The van der Waals surface area contributed by atoms with Crippen LogP contribution in [0.2, 0.25) is 0 Å². The van der Waals surface area contributed by atoms with Gasteiger partial charge in [-0.25, -0.2) is 28.4 Å². The van der Waals surface area contributed by atoms with E-state index in [1.807, 2.05) is 36.8 Å². The van der Waals surface area contributed by atoms with E-state index in [2.05, 4.69) is 62.9 Å². The van der Waals surface area contributed by atoms with Gasteiger partial charge in [0, 0.05) is 6.20 Å². The number of hydrogen-bond donors (Lipinski definition) is 0. The second-order valence-corrected chi connectivity index (χ2v) is 6.83. The third kappa shape index (κ3) is 4.24. The molecule has 0 aliphatic carbocycles. The predicted molar refractivity (Wildman–Crippen MR) is 86.6 cm³/mol. The summed E-state index contributed by atoms with van der Waals surface area (Å²) in [5.41, 5.74) is 1.94. The lowest BCUT2D eigenvalue weighted by atomic mass is 9.98. The molecular weight excluding hydrogens is 374 g/mol. The van der Waals surface area contributed by atoms with Gasteiger partial charge in [-0.3, -0.25) is 14.6 Å². The van der Waals surface area contributed by atoms with Crippen LogP contribution in [0.15, 0.2) is 66.2 Å². The monoisotopic (exact) mass is 391 g/mol. The van der Waals surface area contributed by atoms with Crippen molar-refractivity contribution >= 4 is 11.7 Å². The number of hydrogen-bond acceptors (Lipinski definition) is 6. The highest BCUT2D eigenvalue weighted by atomic mass is 35.7. The van der Waals surface area contributed by atoms with Crippen LogP contribution in [-0.2, 0) is 0 Å². The molecule has 1 fully saturated rings. The molecule has 0 bridgehead atoms. The van der Waals surface area contributed by atoms with Gasteiger partial charge in [0.1, 0.15) is 11.8 Å². The molecule has 0 N–H and O–H groups in total. The Morgan fingerprint density at radius 3 is 2.41 bits per heavy atom. The van der Waals surface area contributed by atoms with E-state index in [0.29, 0.717) is 0 Å². The van der Waals surface area contributed by atoms with Gasteiger partial charge in [0.05, 0.1) is 38.4 Å². The number of aromatic nitrogens is 1. The molecule has 0 radical (unpaired) electrons. The van der Waals surface area contributed by atoms with Crippen molar-refractivity contribution in [2.24, 2.45) is 4.99 Å². The van der Waals surface area contributed by atoms with Crippen molar-refractivity contribution < 1.29 is 33.5 Å². The molecule has 4 heterocycles. The van der Waals surface area contributed by atoms with E-state index in [-0.39, 0.29) is 12.1 Å². The Kier molecular flexibility index (Phi) is 5.40. The minimum absolute atomic E-state index is 0.137. The van der Waals surface area contributed by atoms with E-state index < -0.39 is 10.2 Å². The van der Waals surface area contributed by atoms with E-state index in [9.17, 15) is 0 Å². The van der Waals surface area contributed by atoms with Gasteiger partial charge in [-0.1, -0.05) is 12.1 Å². The fourth-order valence-corrected chi connectivity index (χ4v) is 3.30. The molecule has 27 heavy (non-hydrogen) atoms. The first kappa shape index (κ1) is 19.2. The number of nitrogens with zero attached hydrogens (tertiary/aromatic N) is 5. The highest BCUT2D eigenvalue weighted by Crippen LogP contribution is 2.31. The van der Waals surface area contributed by atoms with Crippen LogP contribution in [0.3, 0.4) is 0 Å². The number of halogens is 1. The van der Waals surface area contributed by atoms with Crippen molar-refractivity contribution in [1.29, 1.82) is 0 Å². The summed E-state index contributed by atoms with van der Waals surface area (Å²) in [7, 11) is -0.804. The number of pyridine rings is 1. The van der Waals surface area contributed by atoms with Crippen molar-refractivity contribution in [3.05, 3.63) is 66.9 Å². The minimum Gasteiger partial charge on any atom is -0.270 e. The van der Waals surface area contributed by atoms with Crippen molar-refractivity contribution in [2.75, 3.05) is 14.1 Å². The van der Waals surface area contributed by atoms with Crippen LogP contribution in [-0.4, -0.2) is 57.2 Å². The molecule has 0 amide bonds. The third-order valence-corrected chi connectivity index (χ3v) is 4.12. The van der Waals surface area contributed by atoms with Crippen LogP contribution >= 0.6 is 0 Å². The molecular formula is C17H18ClN5O4. The number of aliphatic imine (C=N–C) groups is 1. The van der Waals surface area contributed by atoms with Crippen LogP contribution in [0.5, 0.6) is 0 Å². The summed E-state index contributed by atoms with van der Waals surface area (Å²) >= 11 is 0. The standard InChI is InChI=1S/C17H18N5.ClHO4/c1-20(2)17-21-11-6-4-8-14(21)16-15(19-10-12-22(16)17)13-7-3-5-9-18-13;2-1(3,4)5/h3-12,14,16H,1-2H3;(H,2,3,4,5)/q+1;/p-1. The Morgan fingerprint density at radius 1 is 1.04 bits per heavy atom. The van der Waals surface area contributed by atoms with Gasteiger partial charge in [-0.2, -0.15) is 0 Å². The highest BCUT2D eigenvalue weighted by Gasteiger charge is 2.53. The second-order valence-electron chi connectivity index (χ2n) is 6.08. The molecule has 3 aliphatic heterocycles. The summed E-state index contributed by atoms with van der Waals surface area (Å²) in [5, 5.41) is 0. The Hall–Kier alpha value is -2.56. The SMILES string of the molecule is C[N+](C)=C1N2C=CC=CC2C2C(c3ccccn3)=NC=CN12.[O-][Cl+3]([O-])([O-])[O-]. The zero-order valence-electron chi connectivity index (χ0n) is 14.7. The van der Waals surface area contributed by atoms with Crippen molar-refractivity contribution in [3.63, 3.8) is 0 Å². The Morgan fingerprint density at radius 2 is 1.78 bits per heavy atom. The fourth-order valence-electron chi connectivity index (χ4n) is 3.30. The van der Waals surface area contributed by atoms with E-state index in [1.54, 1.807) is 0 Å². The lowest BCUT2D eigenvalue weighted by Gasteiger charge is -2.23. The molecule has 3 aliphatic rings. The summed E-state index contributed by atoms with van der Waals surface area (Å²) in [6, 6.07) is 6.33. The summed E-state index contributed by atoms with van der Waals surface area (Å²) in [4.78, 5) is 13.7. The topological polar surface area (TPSA) is 127 Å². The lowest BCUT2D eigenvalue weighted by Crippen LogP contribution is -2.68. The molecule has 2 atom stereocenters. The number of allylic oxidation sites excluding steroid dienone is 2.